The highest BCUT2D eigenvalue weighted by Crippen LogP contribution is 2.31. The Balaban J connectivity index is 1.79. The maximum Gasteiger partial charge on any atom is 0.416 e. The van der Waals surface area contributed by atoms with Crippen molar-refractivity contribution in [3.8, 4) is 11.4 Å². The van der Waals surface area contributed by atoms with E-state index in [1.54, 1.807) is 6.07 Å². The van der Waals surface area contributed by atoms with Crippen LogP contribution in [-0.2, 0) is 11.0 Å². The van der Waals surface area contributed by atoms with E-state index in [1.165, 1.54) is 31.2 Å². The Labute approximate surface area is 167 Å². The standard InChI is InChI=1S/C17H12Cl2F3N5O/c1-9(16(28)23-14-8-12(18)5-6-13(14)19)27-25-15(24-26-27)10-3-2-4-11(7-10)17(20,21)22/h2-9H,1H3,(H,23,28)/t9-/m1/s1. The minimum Gasteiger partial charge on any atom is -0.323 e. The second kappa shape index (κ2) is 7.76. The van der Waals surface area contributed by atoms with Crippen LogP contribution >= 0.6 is 23.2 Å². The summed E-state index contributed by atoms with van der Waals surface area (Å²) in [7, 11) is 0. The van der Waals surface area contributed by atoms with Gasteiger partial charge in [-0.25, -0.2) is 0 Å². The maximum atomic E-state index is 12.9. The van der Waals surface area contributed by atoms with Gasteiger partial charge in [0, 0.05) is 10.6 Å². The summed E-state index contributed by atoms with van der Waals surface area (Å²) in [5.41, 5.74) is -0.390. The highest BCUT2D eigenvalue weighted by Gasteiger charge is 2.31. The second-order valence-electron chi connectivity index (χ2n) is 5.80. The third kappa shape index (κ3) is 4.42. The van der Waals surface area contributed by atoms with Crippen LogP contribution in [0.15, 0.2) is 42.5 Å². The summed E-state index contributed by atoms with van der Waals surface area (Å²) in [5, 5.41) is 14.8. The molecule has 0 saturated heterocycles. The number of tetrazole rings is 1. The van der Waals surface area contributed by atoms with E-state index >= 15 is 0 Å². The number of alkyl halides is 3. The van der Waals surface area contributed by atoms with Crippen molar-refractivity contribution in [3.05, 3.63) is 58.1 Å². The van der Waals surface area contributed by atoms with Gasteiger partial charge >= 0.3 is 6.18 Å². The summed E-state index contributed by atoms with van der Waals surface area (Å²) in [6.45, 7) is 1.51. The molecule has 0 unspecified atom stereocenters. The van der Waals surface area contributed by atoms with E-state index in [1.807, 2.05) is 0 Å². The van der Waals surface area contributed by atoms with E-state index in [4.69, 9.17) is 23.2 Å². The molecule has 0 fully saturated rings. The van der Waals surface area contributed by atoms with Crippen molar-refractivity contribution in [3.63, 3.8) is 0 Å². The Bertz CT molecular complexity index is 1020. The van der Waals surface area contributed by atoms with E-state index in [0.717, 1.165) is 16.9 Å². The van der Waals surface area contributed by atoms with Crippen molar-refractivity contribution in [2.45, 2.75) is 19.1 Å². The van der Waals surface area contributed by atoms with Crippen LogP contribution in [0, 0.1) is 0 Å². The summed E-state index contributed by atoms with van der Waals surface area (Å²) in [4.78, 5) is 13.4. The first-order valence-corrected chi connectivity index (χ1v) is 8.64. The number of rotatable bonds is 4. The van der Waals surface area contributed by atoms with E-state index in [-0.39, 0.29) is 11.4 Å². The van der Waals surface area contributed by atoms with Crippen molar-refractivity contribution in [1.82, 2.24) is 20.2 Å². The number of carbonyl (C=O) groups excluding carboxylic acids is 1. The number of anilines is 1. The van der Waals surface area contributed by atoms with Crippen molar-refractivity contribution in [2.75, 3.05) is 5.32 Å². The van der Waals surface area contributed by atoms with Gasteiger partial charge in [-0.2, -0.15) is 18.0 Å². The van der Waals surface area contributed by atoms with Gasteiger partial charge in [-0.05, 0) is 42.5 Å². The van der Waals surface area contributed by atoms with Gasteiger partial charge < -0.3 is 5.32 Å². The Morgan fingerprint density at radius 3 is 2.64 bits per heavy atom. The molecule has 1 heterocycles. The first kappa shape index (κ1) is 20.1. The highest BCUT2D eigenvalue weighted by atomic mass is 35.5. The molecule has 28 heavy (non-hydrogen) atoms. The second-order valence-corrected chi connectivity index (χ2v) is 6.65. The zero-order valence-electron chi connectivity index (χ0n) is 14.2. The van der Waals surface area contributed by atoms with E-state index in [2.05, 4.69) is 20.7 Å². The van der Waals surface area contributed by atoms with Gasteiger partial charge in [0.15, 0.2) is 0 Å². The summed E-state index contributed by atoms with van der Waals surface area (Å²) >= 11 is 11.9. The number of nitrogens with zero attached hydrogens (tertiary/aromatic N) is 4. The number of halogens is 5. The first-order chi connectivity index (χ1) is 13.1. The van der Waals surface area contributed by atoms with Crippen LogP contribution in [0.5, 0.6) is 0 Å². The average Bonchev–Trinajstić information content (AvgIpc) is 3.13. The molecule has 0 saturated carbocycles. The van der Waals surface area contributed by atoms with Crippen LogP contribution in [0.1, 0.15) is 18.5 Å². The smallest absolute Gasteiger partial charge is 0.323 e. The average molecular weight is 430 g/mol. The van der Waals surface area contributed by atoms with Crippen molar-refractivity contribution >= 4 is 34.8 Å². The molecule has 1 amide bonds. The van der Waals surface area contributed by atoms with Crippen molar-refractivity contribution < 1.29 is 18.0 Å². The fraction of sp³-hybridized carbons (Fsp3) is 0.176. The lowest BCUT2D eigenvalue weighted by Gasteiger charge is -2.12. The monoisotopic (exact) mass is 429 g/mol. The van der Waals surface area contributed by atoms with E-state index < -0.39 is 23.7 Å². The number of nitrogens with one attached hydrogen (secondary N) is 1. The van der Waals surface area contributed by atoms with Gasteiger partial charge in [0.05, 0.1) is 16.3 Å². The fourth-order valence-corrected chi connectivity index (χ4v) is 2.61. The molecule has 0 spiro atoms. The zero-order chi connectivity index (χ0) is 20.5. The van der Waals surface area contributed by atoms with Gasteiger partial charge in [0.1, 0.15) is 6.04 Å². The lowest BCUT2D eigenvalue weighted by molar-refractivity contribution is -0.137. The Kier molecular flexibility index (Phi) is 5.57. The molecule has 0 radical (unpaired) electrons. The highest BCUT2D eigenvalue weighted by molar-refractivity contribution is 6.35. The first-order valence-electron chi connectivity index (χ1n) is 7.88. The molecule has 11 heteroatoms. The Morgan fingerprint density at radius 1 is 1.18 bits per heavy atom. The Morgan fingerprint density at radius 2 is 1.93 bits per heavy atom. The lowest BCUT2D eigenvalue weighted by Crippen LogP contribution is -2.25. The molecule has 146 valence electrons. The molecular formula is C17H12Cl2F3N5O. The topological polar surface area (TPSA) is 72.7 Å². The van der Waals surface area contributed by atoms with Crippen LogP contribution in [0.25, 0.3) is 11.4 Å². The molecule has 3 aromatic rings. The largest absolute Gasteiger partial charge is 0.416 e. The molecule has 3 rings (SSSR count). The van der Waals surface area contributed by atoms with Crippen LogP contribution in [0.2, 0.25) is 10.0 Å². The number of benzene rings is 2. The summed E-state index contributed by atoms with van der Waals surface area (Å²) in [5.74, 6) is -0.538. The summed E-state index contributed by atoms with van der Waals surface area (Å²) in [6.07, 6.45) is -4.49. The molecule has 2 aromatic carbocycles. The minimum atomic E-state index is -4.49. The predicted molar refractivity (Wildman–Crippen MR) is 98.1 cm³/mol. The van der Waals surface area contributed by atoms with Crippen molar-refractivity contribution in [2.24, 2.45) is 0 Å². The lowest BCUT2D eigenvalue weighted by atomic mass is 10.1. The molecule has 0 aliphatic rings. The van der Waals surface area contributed by atoms with Gasteiger partial charge in [-0.15, -0.1) is 10.2 Å². The molecule has 6 nitrogen and oxygen atoms in total. The van der Waals surface area contributed by atoms with Gasteiger partial charge in [0.25, 0.3) is 5.91 Å². The van der Waals surface area contributed by atoms with E-state index in [0.29, 0.717) is 15.7 Å². The SMILES string of the molecule is C[C@H](C(=O)Nc1cc(Cl)ccc1Cl)n1nnc(-c2cccc(C(F)(F)F)c2)n1. The maximum absolute atomic E-state index is 12.9. The number of aromatic nitrogens is 4. The van der Waals surface area contributed by atoms with Crippen LogP contribution < -0.4 is 5.32 Å². The Hall–Kier alpha value is -2.65. The van der Waals surface area contributed by atoms with Crippen LogP contribution in [0.4, 0.5) is 18.9 Å². The summed E-state index contributed by atoms with van der Waals surface area (Å²) in [6, 6.07) is 8.21. The van der Waals surface area contributed by atoms with Crippen LogP contribution in [-0.4, -0.2) is 26.1 Å². The number of hydrogen-bond acceptors (Lipinski definition) is 4. The quantitative estimate of drug-likeness (QED) is 0.642. The normalized spacial score (nSPS) is 12.6. The molecule has 0 aliphatic heterocycles. The fourth-order valence-electron chi connectivity index (χ4n) is 2.27. The number of carbonyl (C=O) groups is 1. The van der Waals surface area contributed by atoms with Gasteiger partial charge in [-0.3, -0.25) is 4.79 Å². The van der Waals surface area contributed by atoms with Gasteiger partial charge in [-0.1, -0.05) is 35.3 Å². The minimum absolute atomic E-state index is 0.0356. The van der Waals surface area contributed by atoms with E-state index in [9.17, 15) is 18.0 Å². The number of hydrogen-bond donors (Lipinski definition) is 1. The third-order valence-corrected chi connectivity index (χ3v) is 4.35. The molecule has 0 bridgehead atoms. The van der Waals surface area contributed by atoms with Crippen molar-refractivity contribution in [1.29, 1.82) is 0 Å². The predicted octanol–water partition coefficient (Wildman–Crippen LogP) is 4.87. The van der Waals surface area contributed by atoms with Gasteiger partial charge in [0.2, 0.25) is 5.82 Å². The third-order valence-electron chi connectivity index (χ3n) is 3.79. The number of amides is 1. The molecule has 1 atom stereocenters. The van der Waals surface area contributed by atoms with Crippen LogP contribution in [0.3, 0.4) is 0 Å². The molecule has 1 aromatic heterocycles. The zero-order valence-corrected chi connectivity index (χ0v) is 15.7. The molecule has 0 aliphatic carbocycles. The molecule has 1 N–H and O–H groups in total. The summed E-state index contributed by atoms with van der Waals surface area (Å²) < 4.78 is 38.6. The molecular weight excluding hydrogens is 418 g/mol.